The van der Waals surface area contributed by atoms with Crippen LogP contribution in [0.2, 0.25) is 0 Å². The van der Waals surface area contributed by atoms with Crippen molar-refractivity contribution in [1.82, 2.24) is 20.2 Å². The van der Waals surface area contributed by atoms with E-state index in [1.54, 1.807) is 0 Å². The highest BCUT2D eigenvalue weighted by Gasteiger charge is 2.22. The van der Waals surface area contributed by atoms with Crippen molar-refractivity contribution in [2.24, 2.45) is 7.05 Å². The van der Waals surface area contributed by atoms with Crippen molar-refractivity contribution >= 4 is 38.5 Å². The van der Waals surface area contributed by atoms with Gasteiger partial charge in [-0.3, -0.25) is 9.69 Å². The molecule has 0 aromatic carbocycles. The molecule has 0 bridgehead atoms. The molecular formula is C12H9N5O5S. The van der Waals surface area contributed by atoms with Crippen LogP contribution in [0.4, 0.5) is 5.00 Å². The van der Waals surface area contributed by atoms with Gasteiger partial charge in [-0.1, -0.05) is 0 Å². The van der Waals surface area contributed by atoms with E-state index >= 15 is 0 Å². The van der Waals surface area contributed by atoms with Crippen molar-refractivity contribution in [3.8, 4) is 0 Å². The van der Waals surface area contributed by atoms with E-state index in [0.29, 0.717) is 9.70 Å². The molecule has 0 aliphatic carbocycles. The Kier molecular flexibility index (Phi) is 3.41. The van der Waals surface area contributed by atoms with Crippen molar-refractivity contribution in [2.45, 2.75) is 0 Å². The second-order valence-electron chi connectivity index (χ2n) is 4.56. The van der Waals surface area contributed by atoms with Crippen LogP contribution in [0.3, 0.4) is 0 Å². The maximum absolute atomic E-state index is 12.3. The van der Waals surface area contributed by atoms with Gasteiger partial charge in [0.1, 0.15) is 10.6 Å². The standard InChI is InChI=1S/C12H9N5O5S/c1-16(10(18)9-13-14-15-17(9)2)8-4-6-7(23-8)3-5(11(19)20)12(21)22-6/h3-4H,1-2H3,(H,19,20). The summed E-state index contributed by atoms with van der Waals surface area (Å²) in [6.45, 7) is 0. The van der Waals surface area contributed by atoms with Gasteiger partial charge in [-0.25, -0.2) is 14.3 Å². The maximum Gasteiger partial charge on any atom is 0.351 e. The molecule has 3 rings (SSSR count). The summed E-state index contributed by atoms with van der Waals surface area (Å²) in [6.07, 6.45) is 0. The predicted octanol–water partition coefficient (Wildman–Crippen LogP) is 0.353. The fourth-order valence-corrected chi connectivity index (χ4v) is 2.87. The van der Waals surface area contributed by atoms with E-state index in [-0.39, 0.29) is 11.4 Å². The number of hydrogen-bond donors (Lipinski definition) is 1. The molecule has 1 amide bonds. The van der Waals surface area contributed by atoms with Crippen LogP contribution in [0.1, 0.15) is 21.0 Å². The van der Waals surface area contributed by atoms with Crippen molar-refractivity contribution in [2.75, 3.05) is 11.9 Å². The average molecular weight is 335 g/mol. The lowest BCUT2D eigenvalue weighted by atomic mass is 10.3. The van der Waals surface area contributed by atoms with Crippen LogP contribution in [0.5, 0.6) is 0 Å². The van der Waals surface area contributed by atoms with Gasteiger partial charge in [-0.15, -0.1) is 16.4 Å². The Morgan fingerprint density at radius 1 is 1.39 bits per heavy atom. The fraction of sp³-hybridized carbons (Fsp3) is 0.167. The Morgan fingerprint density at radius 2 is 2.13 bits per heavy atom. The molecule has 0 aliphatic rings. The van der Waals surface area contributed by atoms with Crippen LogP contribution < -0.4 is 10.5 Å². The van der Waals surface area contributed by atoms with E-state index < -0.39 is 23.1 Å². The van der Waals surface area contributed by atoms with Gasteiger partial charge >= 0.3 is 11.6 Å². The highest BCUT2D eigenvalue weighted by atomic mass is 32.1. The number of aryl methyl sites for hydroxylation is 1. The van der Waals surface area contributed by atoms with Crippen molar-refractivity contribution in [3.05, 3.63) is 33.9 Å². The molecule has 23 heavy (non-hydrogen) atoms. The number of carboxylic acid groups (broad SMARTS) is 1. The summed E-state index contributed by atoms with van der Waals surface area (Å²) >= 11 is 1.11. The third-order valence-corrected chi connectivity index (χ3v) is 4.23. The Balaban J connectivity index is 2.03. The first-order valence-corrected chi connectivity index (χ1v) is 7.01. The second kappa shape index (κ2) is 5.28. The lowest BCUT2D eigenvalue weighted by Gasteiger charge is -2.12. The first kappa shape index (κ1) is 14.8. The number of aromatic carboxylic acids is 1. The topological polar surface area (TPSA) is 131 Å². The van der Waals surface area contributed by atoms with Crippen LogP contribution in [0, 0.1) is 0 Å². The SMILES string of the molecule is CN(C(=O)c1nnnn1C)c1cc2oc(=O)c(C(=O)O)cc2s1. The van der Waals surface area contributed by atoms with Gasteiger partial charge in [-0.2, -0.15) is 0 Å². The largest absolute Gasteiger partial charge is 0.477 e. The van der Waals surface area contributed by atoms with Gasteiger partial charge in [0.05, 0.1) is 4.70 Å². The van der Waals surface area contributed by atoms with Crippen LogP contribution in [0.25, 0.3) is 10.3 Å². The first-order chi connectivity index (χ1) is 10.9. The van der Waals surface area contributed by atoms with Gasteiger partial charge in [0.25, 0.3) is 5.91 Å². The zero-order valence-corrected chi connectivity index (χ0v) is 12.7. The zero-order chi connectivity index (χ0) is 16.7. The summed E-state index contributed by atoms with van der Waals surface area (Å²) in [4.78, 5) is 36.1. The molecule has 11 heteroatoms. The maximum atomic E-state index is 12.3. The minimum Gasteiger partial charge on any atom is -0.477 e. The average Bonchev–Trinajstić information content (AvgIpc) is 3.10. The van der Waals surface area contributed by atoms with Crippen LogP contribution in [-0.2, 0) is 7.05 Å². The highest BCUT2D eigenvalue weighted by molar-refractivity contribution is 7.22. The van der Waals surface area contributed by atoms with Gasteiger partial charge in [0, 0.05) is 20.2 Å². The number of carbonyl (C=O) groups excluding carboxylic acids is 1. The summed E-state index contributed by atoms with van der Waals surface area (Å²) in [7, 11) is 3.04. The van der Waals surface area contributed by atoms with E-state index in [4.69, 9.17) is 9.52 Å². The molecule has 118 valence electrons. The number of anilines is 1. The predicted molar refractivity (Wildman–Crippen MR) is 78.9 cm³/mol. The zero-order valence-electron chi connectivity index (χ0n) is 11.9. The smallest absolute Gasteiger partial charge is 0.351 e. The number of carbonyl (C=O) groups is 2. The molecule has 3 aromatic heterocycles. The molecule has 10 nitrogen and oxygen atoms in total. The summed E-state index contributed by atoms with van der Waals surface area (Å²) in [6, 6.07) is 2.70. The van der Waals surface area contributed by atoms with E-state index in [1.807, 2.05) is 0 Å². The normalized spacial score (nSPS) is 10.9. The third kappa shape index (κ3) is 2.46. The van der Waals surface area contributed by atoms with E-state index in [1.165, 1.54) is 35.8 Å². The van der Waals surface area contributed by atoms with E-state index in [0.717, 1.165) is 11.3 Å². The molecule has 0 atom stereocenters. The number of rotatable bonds is 3. The molecule has 0 spiro atoms. The lowest BCUT2D eigenvalue weighted by molar-refractivity contribution is 0.0692. The molecule has 0 saturated carbocycles. The molecule has 1 N–H and O–H groups in total. The van der Waals surface area contributed by atoms with Crippen molar-refractivity contribution in [1.29, 1.82) is 0 Å². The minimum absolute atomic E-state index is 0.0395. The first-order valence-electron chi connectivity index (χ1n) is 6.20. The number of carboxylic acids is 1. The van der Waals surface area contributed by atoms with Gasteiger partial charge in [0.2, 0.25) is 5.82 Å². The fourth-order valence-electron chi connectivity index (χ4n) is 1.88. The van der Waals surface area contributed by atoms with Gasteiger partial charge in [0.15, 0.2) is 5.58 Å². The molecule has 3 aromatic rings. The van der Waals surface area contributed by atoms with Crippen molar-refractivity contribution in [3.63, 3.8) is 0 Å². The van der Waals surface area contributed by atoms with Crippen molar-refractivity contribution < 1.29 is 19.1 Å². The molecular weight excluding hydrogens is 326 g/mol. The Hall–Kier alpha value is -3.08. The monoisotopic (exact) mass is 335 g/mol. The number of aromatic nitrogens is 4. The Labute approximate surface area is 131 Å². The molecule has 0 saturated heterocycles. The number of fused-ring (bicyclic) bond motifs is 1. The Morgan fingerprint density at radius 3 is 2.74 bits per heavy atom. The molecule has 3 heterocycles. The Bertz CT molecular complexity index is 987. The third-order valence-electron chi connectivity index (χ3n) is 3.09. The number of tetrazole rings is 1. The molecule has 0 fully saturated rings. The van der Waals surface area contributed by atoms with Crippen LogP contribution in [0.15, 0.2) is 21.3 Å². The molecule has 0 aliphatic heterocycles. The van der Waals surface area contributed by atoms with Gasteiger partial charge < -0.3 is 9.52 Å². The summed E-state index contributed by atoms with van der Waals surface area (Å²) in [5.41, 5.74) is -1.20. The summed E-state index contributed by atoms with van der Waals surface area (Å²) < 4.78 is 6.64. The number of hydrogen-bond acceptors (Lipinski definition) is 8. The lowest BCUT2D eigenvalue weighted by Crippen LogP contribution is -2.28. The van der Waals surface area contributed by atoms with Crippen LogP contribution >= 0.6 is 11.3 Å². The second-order valence-corrected chi connectivity index (χ2v) is 5.62. The quantitative estimate of drug-likeness (QED) is 0.725. The van der Waals surface area contributed by atoms with Crippen LogP contribution in [-0.4, -0.2) is 44.2 Å². The minimum atomic E-state index is -1.37. The highest BCUT2D eigenvalue weighted by Crippen LogP contribution is 2.32. The van der Waals surface area contributed by atoms with E-state index in [9.17, 15) is 14.4 Å². The van der Waals surface area contributed by atoms with E-state index in [2.05, 4.69) is 15.5 Å². The van der Waals surface area contributed by atoms with Gasteiger partial charge in [-0.05, 0) is 16.5 Å². The number of amides is 1. The number of thiophene rings is 1. The summed E-state index contributed by atoms with van der Waals surface area (Å²) in [5.74, 6) is -1.78. The number of nitrogens with zero attached hydrogens (tertiary/aromatic N) is 5. The molecule has 0 radical (unpaired) electrons. The summed E-state index contributed by atoms with van der Waals surface area (Å²) in [5, 5.41) is 20.0. The molecule has 0 unspecified atom stereocenters.